The van der Waals surface area contributed by atoms with E-state index in [1.807, 2.05) is 18.2 Å². The maximum Gasteiger partial charge on any atom is 0.247 e. The molecule has 0 saturated carbocycles. The molecular formula is C29H36ClFN6O4. The molecule has 0 unspecified atom stereocenters. The number of ether oxygens (including phenoxy) is 3. The summed E-state index contributed by atoms with van der Waals surface area (Å²) >= 11 is 6.32. The molecule has 2 N–H and O–H groups in total. The SMILES string of the molecule is C=CC(=O)Nc1cc(Nc2ncc(Cl)c(O[C@H]3CO[C@@H]4[C@H]3OC[C@@H]4F)n2)ccc1N1CCC2(CCN(C)CC2)CC1. The van der Waals surface area contributed by atoms with Gasteiger partial charge in [-0.2, -0.15) is 4.98 Å². The molecule has 12 heteroatoms. The number of carbonyl (C=O) groups is 1. The van der Waals surface area contributed by atoms with Gasteiger partial charge in [0.15, 0.2) is 12.3 Å². The Bertz CT molecular complexity index is 1280. The predicted molar refractivity (Wildman–Crippen MR) is 155 cm³/mol. The molecule has 5 heterocycles. The van der Waals surface area contributed by atoms with Crippen LogP contribution in [0.3, 0.4) is 0 Å². The van der Waals surface area contributed by atoms with Crippen LogP contribution in [0.25, 0.3) is 0 Å². The van der Waals surface area contributed by atoms with Crippen molar-refractivity contribution in [1.82, 2.24) is 14.9 Å². The lowest BCUT2D eigenvalue weighted by Gasteiger charge is -2.47. The number of hydrogen-bond acceptors (Lipinski definition) is 9. The van der Waals surface area contributed by atoms with Crippen molar-refractivity contribution >= 4 is 40.5 Å². The van der Waals surface area contributed by atoms with Crippen molar-refractivity contribution in [3.63, 3.8) is 0 Å². The van der Waals surface area contributed by atoms with Gasteiger partial charge in [0.2, 0.25) is 17.7 Å². The molecule has 0 bridgehead atoms. The smallest absolute Gasteiger partial charge is 0.247 e. The summed E-state index contributed by atoms with van der Waals surface area (Å²) in [5, 5.41) is 6.36. The van der Waals surface area contributed by atoms with E-state index in [-0.39, 0.29) is 36.0 Å². The minimum Gasteiger partial charge on any atom is -0.468 e. The van der Waals surface area contributed by atoms with Gasteiger partial charge in [-0.15, -0.1) is 0 Å². The van der Waals surface area contributed by atoms with Gasteiger partial charge >= 0.3 is 0 Å². The van der Waals surface area contributed by atoms with E-state index in [0.29, 0.717) is 16.8 Å². The third-order valence-electron chi connectivity index (χ3n) is 8.83. The fourth-order valence-electron chi connectivity index (χ4n) is 6.27. The van der Waals surface area contributed by atoms with E-state index in [1.54, 1.807) is 0 Å². The Kier molecular flexibility index (Phi) is 8.04. The van der Waals surface area contributed by atoms with Crippen molar-refractivity contribution in [2.75, 3.05) is 62.0 Å². The highest BCUT2D eigenvalue weighted by Crippen LogP contribution is 2.43. The fraction of sp³-hybridized carbons (Fsp3) is 0.552. The van der Waals surface area contributed by atoms with E-state index in [4.69, 9.17) is 25.8 Å². The lowest BCUT2D eigenvalue weighted by Crippen LogP contribution is -2.46. The number of hydrogen-bond donors (Lipinski definition) is 2. The summed E-state index contributed by atoms with van der Waals surface area (Å²) < 4.78 is 31.0. The van der Waals surface area contributed by atoms with Crippen LogP contribution in [0.5, 0.6) is 5.88 Å². The molecule has 10 nitrogen and oxygen atoms in total. The van der Waals surface area contributed by atoms with Crippen LogP contribution >= 0.6 is 11.6 Å². The van der Waals surface area contributed by atoms with Crippen LogP contribution in [-0.2, 0) is 14.3 Å². The summed E-state index contributed by atoms with van der Waals surface area (Å²) in [6.45, 7) is 7.96. The van der Waals surface area contributed by atoms with Crippen molar-refractivity contribution < 1.29 is 23.4 Å². The molecule has 1 aromatic heterocycles. The van der Waals surface area contributed by atoms with Crippen molar-refractivity contribution in [2.45, 2.75) is 50.2 Å². The molecule has 0 radical (unpaired) electrons. The summed E-state index contributed by atoms with van der Waals surface area (Å²) in [5.41, 5.74) is 2.74. The van der Waals surface area contributed by atoms with Gasteiger partial charge in [-0.1, -0.05) is 18.2 Å². The second-order valence-corrected chi connectivity index (χ2v) is 11.9. The van der Waals surface area contributed by atoms with E-state index in [2.05, 4.69) is 44.0 Å². The maximum absolute atomic E-state index is 14.0. The van der Waals surface area contributed by atoms with Crippen LogP contribution in [0, 0.1) is 5.41 Å². The zero-order chi connectivity index (χ0) is 28.6. The zero-order valence-corrected chi connectivity index (χ0v) is 23.9. The summed E-state index contributed by atoms with van der Waals surface area (Å²) in [5.74, 6) is 0.121. The number of likely N-dealkylation sites (tertiary alicyclic amines) is 1. The maximum atomic E-state index is 14.0. The van der Waals surface area contributed by atoms with Crippen molar-refractivity contribution in [2.24, 2.45) is 5.41 Å². The van der Waals surface area contributed by atoms with Crippen LogP contribution in [0.1, 0.15) is 25.7 Å². The number of carbonyl (C=O) groups excluding carboxylic acids is 1. The Hall–Kier alpha value is -2.99. The second-order valence-electron chi connectivity index (χ2n) is 11.5. The van der Waals surface area contributed by atoms with Gasteiger partial charge in [0.1, 0.15) is 17.2 Å². The highest BCUT2D eigenvalue weighted by atomic mass is 35.5. The summed E-state index contributed by atoms with van der Waals surface area (Å²) in [6, 6.07) is 5.79. The van der Waals surface area contributed by atoms with E-state index < -0.39 is 24.5 Å². The lowest BCUT2D eigenvalue weighted by atomic mass is 9.71. The molecule has 1 spiro atoms. The summed E-state index contributed by atoms with van der Waals surface area (Å²) in [7, 11) is 2.20. The first-order chi connectivity index (χ1) is 19.8. The molecule has 220 valence electrons. The van der Waals surface area contributed by atoms with E-state index in [1.165, 1.54) is 25.1 Å². The summed E-state index contributed by atoms with van der Waals surface area (Å²) in [6.07, 6.45) is 4.60. The van der Waals surface area contributed by atoms with Crippen LogP contribution in [0.15, 0.2) is 37.1 Å². The molecule has 4 aliphatic rings. The number of piperidine rings is 2. The van der Waals surface area contributed by atoms with E-state index in [9.17, 15) is 9.18 Å². The first-order valence-electron chi connectivity index (χ1n) is 14.2. The Balaban J connectivity index is 1.17. The first kappa shape index (κ1) is 28.1. The average molecular weight is 587 g/mol. The largest absolute Gasteiger partial charge is 0.468 e. The molecule has 1 amide bonds. The molecular weight excluding hydrogens is 551 g/mol. The van der Waals surface area contributed by atoms with Crippen molar-refractivity contribution in [3.05, 3.63) is 42.1 Å². The van der Waals surface area contributed by atoms with E-state index >= 15 is 0 Å². The number of benzene rings is 1. The van der Waals surface area contributed by atoms with Crippen LogP contribution in [-0.4, -0.2) is 91.7 Å². The number of aromatic nitrogens is 2. The fourth-order valence-corrected chi connectivity index (χ4v) is 6.41. The van der Waals surface area contributed by atoms with Gasteiger partial charge in [0.25, 0.3) is 0 Å². The second kappa shape index (κ2) is 11.7. The van der Waals surface area contributed by atoms with Crippen molar-refractivity contribution in [3.8, 4) is 5.88 Å². The number of rotatable bonds is 7. The quantitative estimate of drug-likeness (QED) is 0.462. The zero-order valence-electron chi connectivity index (χ0n) is 23.2. The minimum absolute atomic E-state index is 0.0177. The number of alkyl halides is 1. The third kappa shape index (κ3) is 5.99. The highest BCUT2D eigenvalue weighted by Gasteiger charge is 2.49. The lowest BCUT2D eigenvalue weighted by molar-refractivity contribution is -0.111. The molecule has 4 aliphatic heterocycles. The number of fused-ring (bicyclic) bond motifs is 1. The molecule has 41 heavy (non-hydrogen) atoms. The Morgan fingerprint density at radius 3 is 2.66 bits per heavy atom. The standard InChI is InChI=1S/C29H36ClFN6O4/c1-3-24(38)34-21-14-18(4-5-22(21)37-12-8-29(9-13-37)6-10-36(2)11-7-29)33-28-32-15-19(30)27(35-28)41-23-17-40-25-20(31)16-39-26(23)25/h3-5,14-15,20,23,25-26H,1,6-13,16-17H2,2H3,(H,34,38)(H,32,33,35)/t20-,23-,25-,26-/m0/s1. The molecule has 1 aromatic carbocycles. The van der Waals surface area contributed by atoms with Gasteiger partial charge < -0.3 is 34.6 Å². The Labute approximate surface area is 244 Å². The molecule has 4 saturated heterocycles. The van der Waals surface area contributed by atoms with Gasteiger partial charge in [-0.3, -0.25) is 4.79 Å². The molecule has 4 atom stereocenters. The van der Waals surface area contributed by atoms with Crippen LogP contribution < -0.4 is 20.3 Å². The highest BCUT2D eigenvalue weighted by molar-refractivity contribution is 6.31. The third-order valence-corrected chi connectivity index (χ3v) is 9.09. The van der Waals surface area contributed by atoms with Gasteiger partial charge in [-0.05, 0) is 75.5 Å². The number of amides is 1. The molecule has 0 aliphatic carbocycles. The van der Waals surface area contributed by atoms with Crippen molar-refractivity contribution in [1.29, 1.82) is 0 Å². The monoisotopic (exact) mass is 586 g/mol. The Morgan fingerprint density at radius 2 is 1.90 bits per heavy atom. The van der Waals surface area contributed by atoms with Gasteiger partial charge in [0.05, 0.1) is 30.8 Å². The number of nitrogens with one attached hydrogen (secondary N) is 2. The Morgan fingerprint density at radius 1 is 1.17 bits per heavy atom. The van der Waals surface area contributed by atoms with E-state index in [0.717, 1.165) is 44.7 Å². The average Bonchev–Trinajstić information content (AvgIpc) is 3.55. The normalized spacial score (nSPS) is 27.4. The first-order valence-corrected chi connectivity index (χ1v) is 14.5. The van der Waals surface area contributed by atoms with Gasteiger partial charge in [-0.25, -0.2) is 9.37 Å². The molecule has 4 fully saturated rings. The predicted octanol–water partition coefficient (Wildman–Crippen LogP) is 4.19. The summed E-state index contributed by atoms with van der Waals surface area (Å²) in [4.78, 5) is 25.8. The van der Waals surface area contributed by atoms with Crippen LogP contribution in [0.2, 0.25) is 5.02 Å². The number of nitrogens with zero attached hydrogens (tertiary/aromatic N) is 4. The molecule has 2 aromatic rings. The number of anilines is 4. The molecule has 6 rings (SSSR count). The van der Waals surface area contributed by atoms with Gasteiger partial charge in [0, 0.05) is 18.8 Å². The van der Waals surface area contributed by atoms with Crippen LogP contribution in [0.4, 0.5) is 27.4 Å². The topological polar surface area (TPSA) is 101 Å². The number of halogens is 2. The minimum atomic E-state index is -1.18.